The van der Waals surface area contributed by atoms with E-state index in [1.807, 2.05) is 42.5 Å². The molecule has 2 aromatic carbocycles. The molecule has 1 aliphatic rings. The van der Waals surface area contributed by atoms with Gasteiger partial charge in [-0.15, -0.1) is 0 Å². The van der Waals surface area contributed by atoms with E-state index in [1.165, 1.54) is 4.90 Å². The number of likely N-dealkylation sites (tertiary alicyclic amines) is 1. The van der Waals surface area contributed by atoms with Crippen LogP contribution in [-0.2, 0) is 9.22 Å². The lowest BCUT2D eigenvalue weighted by Crippen LogP contribution is -2.66. The number of hydrogen-bond acceptors (Lipinski definition) is 3. The van der Waals surface area contributed by atoms with Crippen LogP contribution in [0.25, 0.3) is 6.08 Å². The number of hydrogen-bond donors (Lipinski definition) is 0. The van der Waals surface area contributed by atoms with Gasteiger partial charge >= 0.3 is 0 Å². The van der Waals surface area contributed by atoms with E-state index in [0.29, 0.717) is 22.2 Å². The SMILES string of the molecule is C=Cc1ccccc1[C@H]1[C@@H](O[Si](C(C)C)(C(C)C)C(C)C)C(=O)N1C(=O)c1ccccc1. The van der Waals surface area contributed by atoms with Crippen LogP contribution in [0.1, 0.15) is 69.1 Å². The molecule has 1 heterocycles. The van der Waals surface area contributed by atoms with Crippen molar-refractivity contribution in [2.75, 3.05) is 0 Å². The molecule has 2 amide bonds. The van der Waals surface area contributed by atoms with E-state index in [2.05, 4.69) is 48.1 Å². The van der Waals surface area contributed by atoms with Crippen LogP contribution in [0, 0.1) is 0 Å². The minimum atomic E-state index is -2.33. The van der Waals surface area contributed by atoms with Crippen molar-refractivity contribution in [3.8, 4) is 0 Å². The molecule has 2 atom stereocenters. The summed E-state index contributed by atoms with van der Waals surface area (Å²) < 4.78 is 6.91. The molecular formula is C27H35NO3Si. The van der Waals surface area contributed by atoms with Crippen molar-refractivity contribution in [3.63, 3.8) is 0 Å². The van der Waals surface area contributed by atoms with E-state index in [0.717, 1.165) is 11.1 Å². The molecule has 2 aromatic rings. The molecule has 170 valence electrons. The molecule has 0 unspecified atom stereocenters. The van der Waals surface area contributed by atoms with Crippen molar-refractivity contribution < 1.29 is 14.0 Å². The molecule has 1 saturated heterocycles. The summed E-state index contributed by atoms with van der Waals surface area (Å²) in [6, 6.07) is 16.3. The Hall–Kier alpha value is -2.50. The van der Waals surface area contributed by atoms with E-state index in [1.54, 1.807) is 18.2 Å². The highest BCUT2D eigenvalue weighted by molar-refractivity contribution is 6.77. The van der Waals surface area contributed by atoms with Crippen LogP contribution >= 0.6 is 0 Å². The molecule has 0 saturated carbocycles. The van der Waals surface area contributed by atoms with Crippen LogP contribution in [0.4, 0.5) is 0 Å². The zero-order valence-corrected chi connectivity index (χ0v) is 21.0. The van der Waals surface area contributed by atoms with Crippen LogP contribution in [0.15, 0.2) is 61.2 Å². The number of rotatable bonds is 8. The fourth-order valence-electron chi connectivity index (χ4n) is 5.42. The van der Waals surface area contributed by atoms with Crippen LogP contribution in [-0.4, -0.2) is 31.1 Å². The Bertz CT molecular complexity index is 962. The van der Waals surface area contributed by atoms with Crippen molar-refractivity contribution >= 4 is 26.2 Å². The predicted molar refractivity (Wildman–Crippen MR) is 133 cm³/mol. The summed E-state index contributed by atoms with van der Waals surface area (Å²) >= 11 is 0. The number of imide groups is 1. The first-order valence-corrected chi connectivity index (χ1v) is 13.6. The Morgan fingerprint density at radius 1 is 0.938 bits per heavy atom. The molecule has 0 bridgehead atoms. The second-order valence-corrected chi connectivity index (χ2v) is 14.9. The van der Waals surface area contributed by atoms with Gasteiger partial charge in [0.05, 0.1) is 6.04 Å². The molecule has 0 aliphatic carbocycles. The maximum atomic E-state index is 13.5. The molecule has 0 aromatic heterocycles. The highest BCUT2D eigenvalue weighted by atomic mass is 28.4. The van der Waals surface area contributed by atoms with Gasteiger partial charge in [-0.1, -0.05) is 96.7 Å². The monoisotopic (exact) mass is 449 g/mol. The average molecular weight is 450 g/mol. The van der Waals surface area contributed by atoms with Crippen LogP contribution < -0.4 is 0 Å². The van der Waals surface area contributed by atoms with Crippen LogP contribution in [0.3, 0.4) is 0 Å². The van der Waals surface area contributed by atoms with Crippen LogP contribution in [0.5, 0.6) is 0 Å². The second kappa shape index (κ2) is 9.55. The molecule has 32 heavy (non-hydrogen) atoms. The number of benzene rings is 2. The molecule has 0 N–H and O–H groups in total. The van der Waals surface area contributed by atoms with Gasteiger partial charge in [0.25, 0.3) is 11.8 Å². The van der Waals surface area contributed by atoms with Crippen LogP contribution in [0.2, 0.25) is 16.6 Å². The minimum Gasteiger partial charge on any atom is -0.402 e. The Balaban J connectivity index is 2.08. The maximum Gasteiger partial charge on any atom is 0.261 e. The number of β-lactam (4-membered cyclic amide) rings is 1. The maximum absolute atomic E-state index is 13.5. The van der Waals surface area contributed by atoms with E-state index >= 15 is 0 Å². The van der Waals surface area contributed by atoms with Crippen molar-refractivity contribution in [1.82, 2.24) is 4.90 Å². The van der Waals surface area contributed by atoms with Gasteiger partial charge in [0.15, 0.2) is 6.10 Å². The summed E-state index contributed by atoms with van der Waals surface area (Å²) in [5.41, 5.74) is 3.32. The highest BCUT2D eigenvalue weighted by Crippen LogP contribution is 2.48. The normalized spacial score (nSPS) is 18.9. The van der Waals surface area contributed by atoms with Crippen molar-refractivity contribution in [1.29, 1.82) is 0 Å². The fourth-order valence-corrected chi connectivity index (χ4v) is 10.9. The largest absolute Gasteiger partial charge is 0.402 e. The zero-order valence-electron chi connectivity index (χ0n) is 20.0. The summed E-state index contributed by atoms with van der Waals surface area (Å²) in [5.74, 6) is -0.535. The predicted octanol–water partition coefficient (Wildman–Crippen LogP) is 6.61. The average Bonchev–Trinajstić information content (AvgIpc) is 2.77. The van der Waals surface area contributed by atoms with Gasteiger partial charge in [0, 0.05) is 5.56 Å². The summed E-state index contributed by atoms with van der Waals surface area (Å²) in [4.78, 5) is 28.2. The minimum absolute atomic E-state index is 0.249. The summed E-state index contributed by atoms with van der Waals surface area (Å²) in [6.07, 6.45) is 1.11. The van der Waals surface area contributed by atoms with Crippen molar-refractivity contribution in [2.24, 2.45) is 0 Å². The van der Waals surface area contributed by atoms with Gasteiger partial charge < -0.3 is 4.43 Å². The van der Waals surface area contributed by atoms with Gasteiger partial charge in [0.2, 0.25) is 8.32 Å². The first-order chi connectivity index (χ1) is 15.2. The van der Waals surface area contributed by atoms with Gasteiger partial charge in [0.1, 0.15) is 0 Å². The smallest absolute Gasteiger partial charge is 0.261 e. The molecular weight excluding hydrogens is 414 g/mol. The Labute approximate surface area is 193 Å². The van der Waals surface area contributed by atoms with Gasteiger partial charge in [-0.25, -0.2) is 0 Å². The van der Waals surface area contributed by atoms with E-state index in [9.17, 15) is 9.59 Å². The second-order valence-electron chi connectivity index (χ2n) is 9.51. The van der Waals surface area contributed by atoms with E-state index < -0.39 is 20.5 Å². The summed E-state index contributed by atoms with van der Waals surface area (Å²) in [5, 5.41) is 0. The lowest BCUT2D eigenvalue weighted by molar-refractivity contribution is -0.159. The first-order valence-electron chi connectivity index (χ1n) is 11.5. The molecule has 3 rings (SSSR count). The van der Waals surface area contributed by atoms with Gasteiger partial charge in [-0.3, -0.25) is 14.5 Å². The van der Waals surface area contributed by atoms with E-state index in [-0.39, 0.29) is 11.8 Å². The molecule has 1 aliphatic heterocycles. The Morgan fingerprint density at radius 3 is 2.00 bits per heavy atom. The number of nitrogens with zero attached hydrogens (tertiary/aromatic N) is 1. The third-order valence-corrected chi connectivity index (χ3v) is 12.9. The topological polar surface area (TPSA) is 46.6 Å². The third kappa shape index (κ3) is 4.00. The third-order valence-electron chi connectivity index (χ3n) is 6.86. The highest BCUT2D eigenvalue weighted by Gasteiger charge is 2.58. The lowest BCUT2D eigenvalue weighted by Gasteiger charge is -2.52. The van der Waals surface area contributed by atoms with Gasteiger partial charge in [-0.05, 0) is 39.9 Å². The van der Waals surface area contributed by atoms with Crippen molar-refractivity contribution in [2.45, 2.75) is 70.3 Å². The molecule has 0 radical (unpaired) electrons. The molecule has 4 nitrogen and oxygen atoms in total. The lowest BCUT2D eigenvalue weighted by atomic mass is 9.87. The summed E-state index contributed by atoms with van der Waals surface area (Å²) in [7, 11) is -2.33. The Kier molecular flexibility index (Phi) is 7.21. The fraction of sp³-hybridized carbons (Fsp3) is 0.407. The van der Waals surface area contributed by atoms with E-state index in [4.69, 9.17) is 4.43 Å². The van der Waals surface area contributed by atoms with Gasteiger partial charge in [-0.2, -0.15) is 0 Å². The number of carbonyl (C=O) groups excluding carboxylic acids is 2. The molecule has 0 spiro atoms. The standard InChI is InChI=1S/C27H35NO3Si/c1-8-21-14-12-13-17-23(21)24-25(31-32(18(2)3,19(4)5)20(6)7)27(30)28(24)26(29)22-15-10-9-11-16-22/h8-20,24-25H,1H2,2-7H3/t24-,25+/m0/s1. The van der Waals surface area contributed by atoms with Crippen molar-refractivity contribution in [3.05, 3.63) is 77.9 Å². The quantitative estimate of drug-likeness (QED) is 0.259. The summed E-state index contributed by atoms with van der Waals surface area (Å²) in [6.45, 7) is 17.2. The first kappa shape index (κ1) is 24.1. The molecule has 1 fully saturated rings. The Morgan fingerprint density at radius 2 is 1.47 bits per heavy atom. The number of amides is 2. The molecule has 5 heteroatoms. The number of carbonyl (C=O) groups is 2. The zero-order chi connectivity index (χ0) is 23.6.